The van der Waals surface area contributed by atoms with Crippen molar-refractivity contribution in [3.63, 3.8) is 0 Å². The summed E-state index contributed by atoms with van der Waals surface area (Å²) in [5, 5.41) is 6.87. The Bertz CT molecular complexity index is 815. The minimum atomic E-state index is -0.153. The fourth-order valence-corrected chi connectivity index (χ4v) is 2.25. The van der Waals surface area contributed by atoms with E-state index in [9.17, 15) is 4.79 Å². The Morgan fingerprint density at radius 2 is 2.17 bits per heavy atom. The molecule has 0 atom stereocenters. The first kappa shape index (κ1) is 15.7. The van der Waals surface area contributed by atoms with Crippen LogP contribution in [0, 0.1) is 0 Å². The summed E-state index contributed by atoms with van der Waals surface area (Å²) in [6, 6.07) is 12.9. The molecule has 3 aromatic rings. The van der Waals surface area contributed by atoms with Crippen molar-refractivity contribution in [1.29, 1.82) is 0 Å². The monoisotopic (exact) mass is 323 g/mol. The number of amides is 1. The van der Waals surface area contributed by atoms with Crippen LogP contribution in [0.2, 0.25) is 0 Å². The molecule has 0 bridgehead atoms. The van der Waals surface area contributed by atoms with Gasteiger partial charge in [-0.15, -0.1) is 0 Å². The number of methoxy groups -OCH3 is 1. The number of rotatable bonds is 6. The number of pyridine rings is 1. The van der Waals surface area contributed by atoms with Gasteiger partial charge in [0, 0.05) is 37.0 Å². The standard InChI is InChI=1S/C18H17N3O3/c1-23-16-6-2-4-13(10-16)17-11-15(21-24-17)7-9-20-18(22)14-5-3-8-19-12-14/h2-6,8,10-12H,7,9H2,1H3,(H,20,22). The first-order valence-electron chi connectivity index (χ1n) is 7.54. The number of hydrogen-bond acceptors (Lipinski definition) is 5. The van der Waals surface area contributed by atoms with Gasteiger partial charge in [-0.05, 0) is 24.3 Å². The Hall–Kier alpha value is -3.15. The van der Waals surface area contributed by atoms with Crippen LogP contribution in [0.15, 0.2) is 59.4 Å². The van der Waals surface area contributed by atoms with E-state index in [4.69, 9.17) is 9.26 Å². The van der Waals surface area contributed by atoms with Crippen LogP contribution in [0.25, 0.3) is 11.3 Å². The third-order valence-electron chi connectivity index (χ3n) is 3.50. The second-order valence-electron chi connectivity index (χ2n) is 5.16. The molecule has 6 nitrogen and oxygen atoms in total. The Morgan fingerprint density at radius 1 is 1.25 bits per heavy atom. The van der Waals surface area contributed by atoms with Crippen molar-refractivity contribution in [2.45, 2.75) is 6.42 Å². The number of hydrogen-bond donors (Lipinski definition) is 1. The summed E-state index contributed by atoms with van der Waals surface area (Å²) in [6.07, 6.45) is 3.75. The number of nitrogens with one attached hydrogen (secondary N) is 1. The zero-order valence-corrected chi connectivity index (χ0v) is 13.2. The number of carbonyl (C=O) groups excluding carboxylic acids is 1. The van der Waals surface area contributed by atoms with Crippen LogP contribution in [0.3, 0.4) is 0 Å². The van der Waals surface area contributed by atoms with Gasteiger partial charge in [0.15, 0.2) is 5.76 Å². The molecule has 0 fully saturated rings. The Kier molecular flexibility index (Phi) is 4.86. The molecule has 0 saturated heterocycles. The number of nitrogens with zero attached hydrogens (tertiary/aromatic N) is 2. The average Bonchev–Trinajstić information content (AvgIpc) is 3.11. The normalized spacial score (nSPS) is 10.4. The summed E-state index contributed by atoms with van der Waals surface area (Å²) >= 11 is 0. The maximum absolute atomic E-state index is 11.9. The molecule has 0 aliphatic carbocycles. The molecule has 0 unspecified atom stereocenters. The van der Waals surface area contributed by atoms with Gasteiger partial charge in [-0.25, -0.2) is 0 Å². The zero-order chi connectivity index (χ0) is 16.8. The molecule has 2 heterocycles. The van der Waals surface area contributed by atoms with E-state index in [0.717, 1.165) is 17.0 Å². The van der Waals surface area contributed by atoms with Gasteiger partial charge in [0.1, 0.15) is 5.75 Å². The molecule has 24 heavy (non-hydrogen) atoms. The van der Waals surface area contributed by atoms with Crippen LogP contribution >= 0.6 is 0 Å². The molecule has 2 aromatic heterocycles. The molecule has 0 saturated carbocycles. The minimum Gasteiger partial charge on any atom is -0.497 e. The third kappa shape index (κ3) is 3.78. The lowest BCUT2D eigenvalue weighted by atomic mass is 10.1. The quantitative estimate of drug-likeness (QED) is 0.755. The van der Waals surface area contributed by atoms with Crippen molar-refractivity contribution >= 4 is 5.91 Å². The van der Waals surface area contributed by atoms with Gasteiger partial charge in [0.25, 0.3) is 5.91 Å². The summed E-state index contributed by atoms with van der Waals surface area (Å²) in [6.45, 7) is 0.470. The molecule has 0 radical (unpaired) electrons. The highest BCUT2D eigenvalue weighted by Crippen LogP contribution is 2.24. The maximum atomic E-state index is 11.9. The van der Waals surface area contributed by atoms with Crippen LogP contribution in [0.5, 0.6) is 5.75 Å². The fraction of sp³-hybridized carbons (Fsp3) is 0.167. The van der Waals surface area contributed by atoms with E-state index in [1.807, 2.05) is 30.3 Å². The topological polar surface area (TPSA) is 77.2 Å². The van der Waals surface area contributed by atoms with E-state index in [1.54, 1.807) is 25.4 Å². The summed E-state index contributed by atoms with van der Waals surface area (Å²) in [4.78, 5) is 15.8. The van der Waals surface area contributed by atoms with E-state index in [1.165, 1.54) is 6.20 Å². The van der Waals surface area contributed by atoms with Gasteiger partial charge in [0.2, 0.25) is 0 Å². The predicted octanol–water partition coefficient (Wildman–Crippen LogP) is 2.72. The molecule has 6 heteroatoms. The van der Waals surface area contributed by atoms with Crippen molar-refractivity contribution < 1.29 is 14.1 Å². The molecule has 1 N–H and O–H groups in total. The first-order valence-corrected chi connectivity index (χ1v) is 7.54. The summed E-state index contributed by atoms with van der Waals surface area (Å²) < 4.78 is 10.6. The molecule has 1 amide bonds. The summed E-state index contributed by atoms with van der Waals surface area (Å²) in [5.74, 6) is 1.27. The molecule has 1 aromatic carbocycles. The van der Waals surface area contributed by atoms with Crippen molar-refractivity contribution in [1.82, 2.24) is 15.5 Å². The highest BCUT2D eigenvalue weighted by atomic mass is 16.5. The average molecular weight is 323 g/mol. The van der Waals surface area contributed by atoms with E-state index in [2.05, 4.69) is 15.5 Å². The lowest BCUT2D eigenvalue weighted by Gasteiger charge is -2.02. The van der Waals surface area contributed by atoms with Crippen molar-refractivity contribution in [3.05, 3.63) is 66.1 Å². The van der Waals surface area contributed by atoms with Crippen LogP contribution in [-0.2, 0) is 6.42 Å². The van der Waals surface area contributed by atoms with Gasteiger partial charge in [-0.1, -0.05) is 17.3 Å². The lowest BCUT2D eigenvalue weighted by Crippen LogP contribution is -2.25. The third-order valence-corrected chi connectivity index (χ3v) is 3.50. The molecule has 122 valence electrons. The SMILES string of the molecule is COc1cccc(-c2cc(CCNC(=O)c3cccnc3)no2)c1. The van der Waals surface area contributed by atoms with E-state index in [-0.39, 0.29) is 5.91 Å². The van der Waals surface area contributed by atoms with E-state index in [0.29, 0.717) is 24.3 Å². The van der Waals surface area contributed by atoms with Gasteiger partial charge in [-0.2, -0.15) is 0 Å². The lowest BCUT2D eigenvalue weighted by molar-refractivity contribution is 0.0953. The second kappa shape index (κ2) is 7.41. The highest BCUT2D eigenvalue weighted by Gasteiger charge is 2.09. The number of aromatic nitrogens is 2. The van der Waals surface area contributed by atoms with Gasteiger partial charge >= 0.3 is 0 Å². The molecular formula is C18H17N3O3. The predicted molar refractivity (Wildman–Crippen MR) is 88.8 cm³/mol. The van der Waals surface area contributed by atoms with Crippen molar-refractivity contribution in [2.24, 2.45) is 0 Å². The van der Waals surface area contributed by atoms with Crippen LogP contribution in [-0.4, -0.2) is 29.7 Å². The van der Waals surface area contributed by atoms with Gasteiger partial charge < -0.3 is 14.6 Å². The Balaban J connectivity index is 1.57. The number of carbonyl (C=O) groups is 1. The largest absolute Gasteiger partial charge is 0.497 e. The second-order valence-corrected chi connectivity index (χ2v) is 5.16. The fourth-order valence-electron chi connectivity index (χ4n) is 2.25. The van der Waals surface area contributed by atoms with Crippen LogP contribution in [0.4, 0.5) is 0 Å². The van der Waals surface area contributed by atoms with Gasteiger partial charge in [-0.3, -0.25) is 9.78 Å². The Labute approximate surface area is 139 Å². The smallest absolute Gasteiger partial charge is 0.252 e. The molecule has 0 aliphatic rings. The zero-order valence-electron chi connectivity index (χ0n) is 13.2. The van der Waals surface area contributed by atoms with Crippen molar-refractivity contribution in [3.8, 4) is 17.1 Å². The molecular weight excluding hydrogens is 306 g/mol. The minimum absolute atomic E-state index is 0.153. The summed E-state index contributed by atoms with van der Waals surface area (Å²) in [7, 11) is 1.62. The van der Waals surface area contributed by atoms with E-state index < -0.39 is 0 Å². The number of ether oxygens (including phenoxy) is 1. The Morgan fingerprint density at radius 3 is 2.96 bits per heavy atom. The van der Waals surface area contributed by atoms with Crippen molar-refractivity contribution in [2.75, 3.05) is 13.7 Å². The number of benzene rings is 1. The van der Waals surface area contributed by atoms with Crippen LogP contribution in [0.1, 0.15) is 16.1 Å². The first-order chi connectivity index (χ1) is 11.8. The van der Waals surface area contributed by atoms with Crippen LogP contribution < -0.4 is 10.1 Å². The summed E-state index contributed by atoms with van der Waals surface area (Å²) in [5.41, 5.74) is 2.21. The molecule has 3 rings (SSSR count). The van der Waals surface area contributed by atoms with Gasteiger partial charge in [0.05, 0.1) is 18.4 Å². The van der Waals surface area contributed by atoms with E-state index >= 15 is 0 Å². The molecule has 0 aliphatic heterocycles. The molecule has 0 spiro atoms. The maximum Gasteiger partial charge on any atom is 0.252 e. The highest BCUT2D eigenvalue weighted by molar-refractivity contribution is 5.93.